The van der Waals surface area contributed by atoms with E-state index in [2.05, 4.69) is 25.7 Å². The van der Waals surface area contributed by atoms with Gasteiger partial charge in [-0.15, -0.1) is 6.58 Å². The molecule has 0 aromatic rings. The van der Waals surface area contributed by atoms with E-state index in [0.717, 1.165) is 11.4 Å². The van der Waals surface area contributed by atoms with E-state index in [0.29, 0.717) is 18.1 Å². The van der Waals surface area contributed by atoms with Crippen LogP contribution in [0.15, 0.2) is 12.7 Å². The Hall–Kier alpha value is -1.10. The number of hydrogen-bond acceptors (Lipinski definition) is 2. The summed E-state index contributed by atoms with van der Waals surface area (Å²) in [5, 5.41) is 13.8. The Morgan fingerprint density at radius 3 is 2.59 bits per heavy atom. The number of amides is 1. The SMILES string of the molecule is C=CCCC(=O)NC(CC=[SH]C(C)C)C(=O)O. The Bertz CT molecular complexity index is 300. The minimum atomic E-state index is -0.993. The van der Waals surface area contributed by atoms with Gasteiger partial charge in [0.2, 0.25) is 5.91 Å². The predicted molar refractivity (Wildman–Crippen MR) is 73.8 cm³/mol. The van der Waals surface area contributed by atoms with Crippen molar-refractivity contribution in [2.45, 2.75) is 44.4 Å². The maximum Gasteiger partial charge on any atom is 0.326 e. The van der Waals surface area contributed by atoms with Crippen LogP contribution >= 0.6 is 11.4 Å². The molecule has 0 radical (unpaired) electrons. The van der Waals surface area contributed by atoms with Crippen molar-refractivity contribution >= 4 is 28.6 Å². The average molecular weight is 259 g/mol. The number of carboxylic acids is 1. The van der Waals surface area contributed by atoms with Crippen LogP contribution < -0.4 is 5.32 Å². The largest absolute Gasteiger partial charge is 0.480 e. The summed E-state index contributed by atoms with van der Waals surface area (Å²) in [6.45, 7) is 7.62. The van der Waals surface area contributed by atoms with E-state index in [1.807, 2.05) is 5.37 Å². The van der Waals surface area contributed by atoms with Crippen LogP contribution in [0.25, 0.3) is 0 Å². The van der Waals surface area contributed by atoms with Crippen molar-refractivity contribution in [1.29, 1.82) is 0 Å². The molecule has 1 atom stereocenters. The molecule has 0 fully saturated rings. The molecule has 17 heavy (non-hydrogen) atoms. The van der Waals surface area contributed by atoms with Crippen molar-refractivity contribution in [2.75, 3.05) is 0 Å². The molecule has 5 heteroatoms. The first kappa shape index (κ1) is 15.9. The van der Waals surface area contributed by atoms with Crippen LogP contribution in [0.5, 0.6) is 0 Å². The lowest BCUT2D eigenvalue weighted by molar-refractivity contribution is -0.141. The normalized spacial score (nSPS) is 13.1. The van der Waals surface area contributed by atoms with Gasteiger partial charge in [0.25, 0.3) is 0 Å². The molecule has 1 amide bonds. The van der Waals surface area contributed by atoms with Gasteiger partial charge in [-0.2, -0.15) is 0 Å². The number of allylic oxidation sites excluding steroid dienone is 1. The molecule has 0 aromatic carbocycles. The summed E-state index contributed by atoms with van der Waals surface area (Å²) >= 11 is 1.09. The molecule has 1 unspecified atom stereocenters. The minimum Gasteiger partial charge on any atom is -0.480 e. The third-order valence-corrected chi connectivity index (χ3v) is 2.97. The smallest absolute Gasteiger partial charge is 0.326 e. The van der Waals surface area contributed by atoms with Gasteiger partial charge in [0.05, 0.1) is 0 Å². The molecule has 0 saturated carbocycles. The molecule has 98 valence electrons. The molecule has 0 aromatic heterocycles. The molecule has 0 aliphatic rings. The van der Waals surface area contributed by atoms with Gasteiger partial charge < -0.3 is 10.4 Å². The highest BCUT2D eigenvalue weighted by molar-refractivity contribution is 7.98. The molecule has 0 spiro atoms. The Morgan fingerprint density at radius 2 is 2.12 bits per heavy atom. The van der Waals surface area contributed by atoms with Gasteiger partial charge in [0, 0.05) is 12.8 Å². The van der Waals surface area contributed by atoms with E-state index >= 15 is 0 Å². The maximum atomic E-state index is 11.4. The van der Waals surface area contributed by atoms with Crippen LogP contribution in [0.3, 0.4) is 0 Å². The number of carboxylic acid groups (broad SMARTS) is 1. The van der Waals surface area contributed by atoms with E-state index < -0.39 is 12.0 Å². The number of aliphatic carboxylic acids is 1. The van der Waals surface area contributed by atoms with Gasteiger partial charge in [0.15, 0.2) is 0 Å². The third kappa shape index (κ3) is 8.68. The zero-order valence-corrected chi connectivity index (χ0v) is 11.2. The Labute approximate surface area is 106 Å². The highest BCUT2D eigenvalue weighted by Crippen LogP contribution is 2.00. The zero-order valence-electron chi connectivity index (χ0n) is 10.3. The van der Waals surface area contributed by atoms with Crippen molar-refractivity contribution in [1.82, 2.24) is 5.32 Å². The first-order valence-corrected chi connectivity index (χ1v) is 6.65. The summed E-state index contributed by atoms with van der Waals surface area (Å²) in [5.41, 5.74) is 0. The second-order valence-corrected chi connectivity index (χ2v) is 5.64. The summed E-state index contributed by atoms with van der Waals surface area (Å²) in [6.07, 6.45) is 2.84. The average Bonchev–Trinajstić information content (AvgIpc) is 2.24. The fourth-order valence-electron chi connectivity index (χ4n) is 1.10. The van der Waals surface area contributed by atoms with E-state index in [9.17, 15) is 9.59 Å². The fourth-order valence-corrected chi connectivity index (χ4v) is 1.85. The molecule has 0 bridgehead atoms. The topological polar surface area (TPSA) is 66.4 Å². The summed E-state index contributed by atoms with van der Waals surface area (Å²) in [6, 6.07) is -0.821. The lowest BCUT2D eigenvalue weighted by atomic mass is 10.2. The number of hydrogen-bond donors (Lipinski definition) is 3. The molecular formula is C12H21NO3S. The lowest BCUT2D eigenvalue weighted by Gasteiger charge is -2.12. The lowest BCUT2D eigenvalue weighted by Crippen LogP contribution is -2.40. The molecule has 0 aliphatic heterocycles. The van der Waals surface area contributed by atoms with Crippen molar-refractivity contribution < 1.29 is 14.7 Å². The van der Waals surface area contributed by atoms with Gasteiger partial charge in [-0.3, -0.25) is 4.79 Å². The second-order valence-electron chi connectivity index (χ2n) is 3.95. The van der Waals surface area contributed by atoms with Crippen LogP contribution in [0.2, 0.25) is 0 Å². The number of carbonyl (C=O) groups is 2. The van der Waals surface area contributed by atoms with Crippen molar-refractivity contribution in [3.05, 3.63) is 12.7 Å². The minimum absolute atomic E-state index is 0.244. The van der Waals surface area contributed by atoms with Gasteiger partial charge in [-0.05, 0) is 11.7 Å². The first-order chi connectivity index (χ1) is 7.97. The molecule has 0 saturated heterocycles. The number of rotatable bonds is 8. The van der Waals surface area contributed by atoms with E-state index in [1.54, 1.807) is 6.08 Å². The van der Waals surface area contributed by atoms with Crippen LogP contribution in [0.4, 0.5) is 0 Å². The number of nitrogens with one attached hydrogen (secondary N) is 1. The van der Waals surface area contributed by atoms with Crippen LogP contribution in [0, 0.1) is 0 Å². The Kier molecular flexibility index (Phi) is 8.40. The van der Waals surface area contributed by atoms with Crippen LogP contribution in [0.1, 0.15) is 33.1 Å². The fraction of sp³-hybridized carbons (Fsp3) is 0.583. The monoisotopic (exact) mass is 259 g/mol. The molecule has 4 nitrogen and oxygen atoms in total. The zero-order chi connectivity index (χ0) is 13.3. The summed E-state index contributed by atoms with van der Waals surface area (Å²) in [5.74, 6) is -1.24. The van der Waals surface area contributed by atoms with Gasteiger partial charge in [-0.1, -0.05) is 25.3 Å². The molecule has 2 N–H and O–H groups in total. The maximum absolute atomic E-state index is 11.4. The second kappa shape index (κ2) is 8.98. The number of carbonyl (C=O) groups excluding carboxylic acids is 1. The van der Waals surface area contributed by atoms with E-state index in [-0.39, 0.29) is 12.3 Å². The van der Waals surface area contributed by atoms with Gasteiger partial charge in [-0.25, -0.2) is 16.1 Å². The quantitative estimate of drug-likeness (QED) is 0.352. The van der Waals surface area contributed by atoms with E-state index in [1.165, 1.54) is 0 Å². The van der Waals surface area contributed by atoms with E-state index in [4.69, 9.17) is 5.11 Å². The standard InChI is InChI=1S/C12H21NO3S/c1-4-5-6-11(14)13-10(12(15)16)7-8-17-9(2)3/h4,8-10,17H,1,5-7H2,2-3H3,(H,13,14)(H,15,16). The summed E-state index contributed by atoms with van der Waals surface area (Å²) in [4.78, 5) is 22.3. The highest BCUT2D eigenvalue weighted by atomic mass is 32.1. The third-order valence-electron chi connectivity index (χ3n) is 1.95. The number of thiol groups is 1. The Balaban J connectivity index is 4.19. The van der Waals surface area contributed by atoms with Crippen LogP contribution in [-0.2, 0) is 9.59 Å². The molecule has 0 aliphatic carbocycles. The highest BCUT2D eigenvalue weighted by Gasteiger charge is 2.17. The molecule has 0 rings (SSSR count). The molecule has 0 heterocycles. The predicted octanol–water partition coefficient (Wildman–Crippen LogP) is 1.59. The Morgan fingerprint density at radius 1 is 1.47 bits per heavy atom. The first-order valence-electron chi connectivity index (χ1n) is 5.62. The summed E-state index contributed by atoms with van der Waals surface area (Å²) in [7, 11) is 0. The van der Waals surface area contributed by atoms with Crippen molar-refractivity contribution in [3.63, 3.8) is 0 Å². The van der Waals surface area contributed by atoms with Gasteiger partial charge >= 0.3 is 5.97 Å². The van der Waals surface area contributed by atoms with Gasteiger partial charge in [0.1, 0.15) is 6.04 Å². The van der Waals surface area contributed by atoms with Crippen molar-refractivity contribution in [2.24, 2.45) is 0 Å². The summed E-state index contributed by atoms with van der Waals surface area (Å²) < 4.78 is 0. The van der Waals surface area contributed by atoms with Crippen molar-refractivity contribution in [3.8, 4) is 0 Å². The van der Waals surface area contributed by atoms with Crippen LogP contribution in [-0.4, -0.2) is 33.6 Å². The molecular weight excluding hydrogens is 238 g/mol.